The molecule has 1 amide bonds. The molecule has 1 fully saturated rings. The van der Waals surface area contributed by atoms with E-state index in [9.17, 15) is 19.2 Å². The lowest BCUT2D eigenvalue weighted by Gasteiger charge is -2.14. The molecule has 0 bridgehead atoms. The number of aryl methyl sites for hydroxylation is 2. The average molecular weight is 436 g/mol. The first-order valence-electron chi connectivity index (χ1n) is 10.5. The monoisotopic (exact) mass is 436 g/mol. The van der Waals surface area contributed by atoms with E-state index in [0.717, 1.165) is 29.4 Å². The SMILES string of the molecule is CCc1cccc(NC(=O)Cn2c(=O)c3c(C(=O)OC)cc(C4CC4)nc3n(C)c2=O)c1. The van der Waals surface area contributed by atoms with Crippen molar-refractivity contribution in [3.05, 3.63) is 68.0 Å². The van der Waals surface area contributed by atoms with Crippen molar-refractivity contribution in [2.24, 2.45) is 7.05 Å². The number of aromatic nitrogens is 3. The number of amides is 1. The molecule has 0 saturated heterocycles. The molecule has 1 aliphatic carbocycles. The Morgan fingerprint density at radius 1 is 1.22 bits per heavy atom. The molecular formula is C23H24N4O5. The molecule has 0 aliphatic heterocycles. The number of ether oxygens (including phenoxy) is 1. The first-order valence-corrected chi connectivity index (χ1v) is 10.5. The van der Waals surface area contributed by atoms with Crippen LogP contribution in [-0.2, 0) is 29.5 Å². The van der Waals surface area contributed by atoms with Crippen molar-refractivity contribution in [3.8, 4) is 0 Å². The van der Waals surface area contributed by atoms with E-state index in [-0.39, 0.29) is 22.5 Å². The van der Waals surface area contributed by atoms with Crippen LogP contribution in [0, 0.1) is 0 Å². The number of benzene rings is 1. The van der Waals surface area contributed by atoms with E-state index in [1.807, 2.05) is 25.1 Å². The molecule has 1 aliphatic rings. The Bertz CT molecular complexity index is 1350. The van der Waals surface area contributed by atoms with E-state index < -0.39 is 29.7 Å². The van der Waals surface area contributed by atoms with Gasteiger partial charge in [0.2, 0.25) is 5.91 Å². The summed E-state index contributed by atoms with van der Waals surface area (Å²) in [6, 6.07) is 8.88. The number of fused-ring (bicyclic) bond motifs is 1. The molecule has 0 unspecified atom stereocenters. The number of carbonyl (C=O) groups excluding carboxylic acids is 2. The number of nitrogens with one attached hydrogen (secondary N) is 1. The first-order chi connectivity index (χ1) is 15.3. The molecule has 1 saturated carbocycles. The molecule has 2 heterocycles. The second-order valence-electron chi connectivity index (χ2n) is 7.89. The molecule has 0 spiro atoms. The fourth-order valence-electron chi connectivity index (χ4n) is 3.71. The third-order valence-corrected chi connectivity index (χ3v) is 5.64. The van der Waals surface area contributed by atoms with Gasteiger partial charge in [-0.3, -0.25) is 18.7 Å². The van der Waals surface area contributed by atoms with Gasteiger partial charge in [-0.15, -0.1) is 0 Å². The zero-order valence-electron chi connectivity index (χ0n) is 18.2. The van der Waals surface area contributed by atoms with E-state index in [2.05, 4.69) is 10.3 Å². The highest BCUT2D eigenvalue weighted by Gasteiger charge is 2.29. The highest BCUT2D eigenvalue weighted by atomic mass is 16.5. The van der Waals surface area contributed by atoms with Crippen molar-refractivity contribution in [1.29, 1.82) is 0 Å². The zero-order chi connectivity index (χ0) is 23.0. The Labute approximate surface area is 183 Å². The first kappa shape index (κ1) is 21.5. The van der Waals surface area contributed by atoms with Crippen LogP contribution < -0.4 is 16.6 Å². The summed E-state index contributed by atoms with van der Waals surface area (Å²) in [5.74, 6) is -1.02. The van der Waals surface area contributed by atoms with Gasteiger partial charge in [-0.2, -0.15) is 0 Å². The number of anilines is 1. The van der Waals surface area contributed by atoms with Gasteiger partial charge < -0.3 is 10.1 Å². The van der Waals surface area contributed by atoms with Crippen LogP contribution in [0.2, 0.25) is 0 Å². The fourth-order valence-corrected chi connectivity index (χ4v) is 3.71. The van der Waals surface area contributed by atoms with Crippen molar-refractivity contribution in [2.75, 3.05) is 12.4 Å². The van der Waals surface area contributed by atoms with Crippen LogP contribution in [0.25, 0.3) is 11.0 Å². The van der Waals surface area contributed by atoms with Gasteiger partial charge in [0, 0.05) is 24.3 Å². The van der Waals surface area contributed by atoms with E-state index in [1.54, 1.807) is 12.1 Å². The van der Waals surface area contributed by atoms with Gasteiger partial charge in [-0.25, -0.2) is 14.6 Å². The minimum absolute atomic E-state index is 0.0378. The van der Waals surface area contributed by atoms with Gasteiger partial charge in [-0.05, 0) is 43.0 Å². The van der Waals surface area contributed by atoms with Crippen LogP contribution in [0.15, 0.2) is 39.9 Å². The van der Waals surface area contributed by atoms with Crippen LogP contribution in [0.4, 0.5) is 5.69 Å². The minimum atomic E-state index is -0.754. The van der Waals surface area contributed by atoms with Crippen LogP contribution in [-0.4, -0.2) is 33.1 Å². The maximum atomic E-state index is 13.2. The Balaban J connectivity index is 1.79. The molecule has 166 valence electrons. The van der Waals surface area contributed by atoms with Crippen molar-refractivity contribution in [1.82, 2.24) is 14.1 Å². The summed E-state index contributed by atoms with van der Waals surface area (Å²) in [4.78, 5) is 55.7. The van der Waals surface area contributed by atoms with Gasteiger partial charge >= 0.3 is 11.7 Å². The summed E-state index contributed by atoms with van der Waals surface area (Å²) < 4.78 is 6.87. The second kappa shape index (κ2) is 8.41. The smallest absolute Gasteiger partial charge is 0.338 e. The molecule has 9 heteroatoms. The number of nitrogens with zero attached hydrogens (tertiary/aromatic N) is 3. The molecule has 4 rings (SSSR count). The number of carbonyl (C=O) groups is 2. The standard InChI is InChI=1S/C23H24N4O5/c1-4-13-6-5-7-15(10-13)24-18(28)12-27-21(29)19-16(22(30)32-3)11-17(14-8-9-14)25-20(19)26(2)23(27)31/h5-7,10-11,14H,4,8-9,12H2,1-3H3,(H,24,28). The summed E-state index contributed by atoms with van der Waals surface area (Å²) in [5.41, 5.74) is 0.986. The maximum absolute atomic E-state index is 13.2. The van der Waals surface area contributed by atoms with Crippen LogP contribution >= 0.6 is 0 Å². The average Bonchev–Trinajstić information content (AvgIpc) is 3.64. The molecule has 1 N–H and O–H groups in total. The van der Waals surface area contributed by atoms with E-state index in [0.29, 0.717) is 11.4 Å². The summed E-state index contributed by atoms with van der Waals surface area (Å²) in [7, 11) is 2.69. The Morgan fingerprint density at radius 3 is 2.62 bits per heavy atom. The van der Waals surface area contributed by atoms with Crippen molar-refractivity contribution < 1.29 is 14.3 Å². The Morgan fingerprint density at radius 2 is 1.97 bits per heavy atom. The Kier molecular flexibility index (Phi) is 5.65. The summed E-state index contributed by atoms with van der Waals surface area (Å²) in [6.45, 7) is 1.50. The second-order valence-corrected chi connectivity index (χ2v) is 7.89. The molecular weight excluding hydrogens is 412 g/mol. The summed E-state index contributed by atoms with van der Waals surface area (Å²) in [5, 5.41) is 2.68. The van der Waals surface area contributed by atoms with Gasteiger partial charge in [0.15, 0.2) is 0 Å². The third kappa shape index (κ3) is 3.93. The number of esters is 1. The normalized spacial score (nSPS) is 13.2. The van der Waals surface area contributed by atoms with E-state index in [1.165, 1.54) is 18.7 Å². The summed E-state index contributed by atoms with van der Waals surface area (Å²) >= 11 is 0. The largest absolute Gasteiger partial charge is 0.465 e. The quantitative estimate of drug-likeness (QED) is 0.591. The van der Waals surface area contributed by atoms with Crippen LogP contribution in [0.1, 0.15) is 47.3 Å². The van der Waals surface area contributed by atoms with Gasteiger partial charge in [0.05, 0.1) is 18.1 Å². The molecule has 0 atom stereocenters. The highest BCUT2D eigenvalue weighted by molar-refractivity contribution is 6.02. The predicted molar refractivity (Wildman–Crippen MR) is 119 cm³/mol. The van der Waals surface area contributed by atoms with Crippen molar-refractivity contribution >= 4 is 28.6 Å². The van der Waals surface area contributed by atoms with Gasteiger partial charge in [0.25, 0.3) is 5.56 Å². The number of rotatable bonds is 6. The lowest BCUT2D eigenvalue weighted by molar-refractivity contribution is -0.116. The topological polar surface area (TPSA) is 112 Å². The molecule has 32 heavy (non-hydrogen) atoms. The number of hydrogen-bond donors (Lipinski definition) is 1. The third-order valence-electron chi connectivity index (χ3n) is 5.64. The van der Waals surface area contributed by atoms with Crippen LogP contribution in [0.3, 0.4) is 0 Å². The molecule has 0 radical (unpaired) electrons. The van der Waals surface area contributed by atoms with Gasteiger partial charge in [0.1, 0.15) is 12.2 Å². The molecule has 3 aromatic rings. The van der Waals surface area contributed by atoms with Crippen molar-refractivity contribution in [2.45, 2.75) is 38.6 Å². The number of hydrogen-bond acceptors (Lipinski definition) is 6. The number of methoxy groups -OCH3 is 1. The molecule has 2 aromatic heterocycles. The zero-order valence-corrected chi connectivity index (χ0v) is 18.2. The van der Waals surface area contributed by atoms with Crippen molar-refractivity contribution in [3.63, 3.8) is 0 Å². The minimum Gasteiger partial charge on any atom is -0.465 e. The maximum Gasteiger partial charge on any atom is 0.338 e. The Hall–Kier alpha value is -3.75. The summed E-state index contributed by atoms with van der Waals surface area (Å²) in [6.07, 6.45) is 2.67. The van der Waals surface area contributed by atoms with E-state index in [4.69, 9.17) is 4.74 Å². The van der Waals surface area contributed by atoms with Crippen LogP contribution in [0.5, 0.6) is 0 Å². The van der Waals surface area contributed by atoms with Gasteiger partial charge in [-0.1, -0.05) is 19.1 Å². The fraction of sp³-hybridized carbons (Fsp3) is 0.348. The number of pyridine rings is 1. The molecule has 1 aromatic carbocycles. The lowest BCUT2D eigenvalue weighted by atomic mass is 10.1. The highest BCUT2D eigenvalue weighted by Crippen LogP contribution is 2.39. The van der Waals surface area contributed by atoms with E-state index >= 15 is 0 Å². The molecule has 9 nitrogen and oxygen atoms in total. The lowest BCUT2D eigenvalue weighted by Crippen LogP contribution is -2.42. The predicted octanol–water partition coefficient (Wildman–Crippen LogP) is 1.96.